The topological polar surface area (TPSA) is 47.8 Å². The van der Waals surface area contributed by atoms with Gasteiger partial charge < -0.3 is 0 Å². The Morgan fingerprint density at radius 3 is 2.65 bits per heavy atom. The first-order valence-electron chi connectivity index (χ1n) is 4.90. The molecule has 4 nitrogen and oxygen atoms in total. The number of ketones is 1. The second-order valence-corrected chi connectivity index (χ2v) is 3.46. The van der Waals surface area contributed by atoms with E-state index in [1.165, 1.54) is 11.6 Å². The van der Waals surface area contributed by atoms with Gasteiger partial charge in [-0.05, 0) is 19.1 Å². The predicted octanol–water partition coefficient (Wildman–Crippen LogP) is 2.41. The summed E-state index contributed by atoms with van der Waals surface area (Å²) in [5.74, 6) is -0.158. The van der Waals surface area contributed by atoms with Crippen LogP contribution in [0.15, 0.2) is 30.5 Å². The highest BCUT2D eigenvalue weighted by Gasteiger charge is 2.15. The van der Waals surface area contributed by atoms with Crippen LogP contribution in [-0.4, -0.2) is 20.8 Å². The molecule has 0 amide bonds. The maximum absolute atomic E-state index is 12.4. The second-order valence-electron chi connectivity index (χ2n) is 3.46. The third kappa shape index (κ3) is 2.20. The molecule has 0 saturated heterocycles. The Morgan fingerprint density at radius 2 is 2.06 bits per heavy atom. The van der Waals surface area contributed by atoms with Crippen LogP contribution in [0.5, 0.6) is 0 Å². The third-order valence-electron chi connectivity index (χ3n) is 2.26. The average molecular weight is 237 g/mol. The Kier molecular flexibility index (Phi) is 2.95. The molecule has 2 rings (SSSR count). The molecule has 0 N–H and O–H groups in total. The first-order valence-corrected chi connectivity index (χ1v) is 4.90. The fourth-order valence-electron chi connectivity index (χ4n) is 1.47. The first-order chi connectivity index (χ1) is 8.09. The molecule has 0 bridgehead atoms. The number of carbonyl (C=O) groups excluding carboxylic acids is 1. The molecule has 1 aromatic carbocycles. The molecule has 0 aliphatic rings. The van der Waals surface area contributed by atoms with Gasteiger partial charge in [0.05, 0.1) is 11.9 Å². The summed E-state index contributed by atoms with van der Waals surface area (Å²) in [6, 6.07) is 6.64. The quantitative estimate of drug-likeness (QED) is 0.770. The molecule has 0 aliphatic heterocycles. The fraction of sp³-hybridized carbons (Fsp3) is 0.182. The van der Waals surface area contributed by atoms with E-state index in [0.29, 0.717) is 11.3 Å². The number of benzene rings is 1. The third-order valence-corrected chi connectivity index (χ3v) is 2.26. The van der Waals surface area contributed by atoms with Gasteiger partial charge in [-0.3, -0.25) is 4.79 Å². The van der Waals surface area contributed by atoms with Crippen molar-refractivity contribution in [1.82, 2.24) is 15.0 Å². The van der Waals surface area contributed by atoms with Crippen LogP contribution in [0.2, 0.25) is 0 Å². The highest BCUT2D eigenvalue weighted by Crippen LogP contribution is 2.18. The van der Waals surface area contributed by atoms with Crippen LogP contribution < -0.4 is 0 Å². The molecule has 0 atom stereocenters. The van der Waals surface area contributed by atoms with Crippen LogP contribution in [-0.2, 0) is 0 Å². The molecule has 1 heterocycles. The van der Waals surface area contributed by atoms with Gasteiger partial charge >= 0.3 is 0 Å². The highest BCUT2D eigenvalue weighted by molar-refractivity contribution is 5.97. The summed E-state index contributed by atoms with van der Waals surface area (Å²) in [4.78, 5) is 11.4. The number of aromatic nitrogens is 3. The lowest BCUT2D eigenvalue weighted by Gasteiger charge is -2.04. The van der Waals surface area contributed by atoms with E-state index in [0.717, 1.165) is 6.20 Å². The van der Waals surface area contributed by atoms with Crippen molar-refractivity contribution in [3.05, 3.63) is 41.7 Å². The summed E-state index contributed by atoms with van der Waals surface area (Å²) < 4.78 is 25.9. The summed E-state index contributed by atoms with van der Waals surface area (Å²) in [5.41, 5.74) is 0.445. The number of hydrogen-bond acceptors (Lipinski definition) is 3. The Bertz CT molecular complexity index is 551. The van der Waals surface area contributed by atoms with E-state index in [2.05, 4.69) is 10.3 Å². The molecule has 88 valence electrons. The van der Waals surface area contributed by atoms with Crippen molar-refractivity contribution in [3.8, 4) is 5.69 Å². The summed E-state index contributed by atoms with van der Waals surface area (Å²) in [6.07, 6.45) is -1.56. The summed E-state index contributed by atoms with van der Waals surface area (Å²) in [5, 5.41) is 6.93. The minimum absolute atomic E-state index is 0.158. The van der Waals surface area contributed by atoms with Crippen molar-refractivity contribution in [2.45, 2.75) is 13.3 Å². The van der Waals surface area contributed by atoms with E-state index in [1.807, 2.05) is 0 Å². The van der Waals surface area contributed by atoms with Crippen LogP contribution >= 0.6 is 0 Å². The maximum atomic E-state index is 12.4. The molecule has 0 saturated carbocycles. The summed E-state index contributed by atoms with van der Waals surface area (Å²) in [6.45, 7) is 1.41. The Balaban J connectivity index is 2.49. The Labute approximate surface area is 95.9 Å². The number of Topliss-reactive ketones (excluding diaryl/α,β-unsaturated/α-hetero) is 1. The Morgan fingerprint density at radius 1 is 1.35 bits per heavy atom. The van der Waals surface area contributed by atoms with Crippen molar-refractivity contribution in [1.29, 1.82) is 0 Å². The van der Waals surface area contributed by atoms with Crippen molar-refractivity contribution in [2.75, 3.05) is 0 Å². The van der Waals surface area contributed by atoms with Crippen molar-refractivity contribution in [3.63, 3.8) is 0 Å². The number of carbonyl (C=O) groups is 1. The van der Waals surface area contributed by atoms with Gasteiger partial charge in [-0.25, -0.2) is 13.5 Å². The van der Waals surface area contributed by atoms with Crippen LogP contribution in [0.1, 0.15) is 29.4 Å². The molecular formula is C11H9F2N3O. The molecule has 0 fully saturated rings. The number of nitrogens with zero attached hydrogens (tertiary/aromatic N) is 3. The standard InChI is InChI=1S/C11H9F2N3O/c1-7(17)8-4-2-3-5-10(8)16-6-9(11(12)13)14-15-16/h2-6,11H,1H3. The lowest BCUT2D eigenvalue weighted by Crippen LogP contribution is -2.03. The molecule has 0 unspecified atom stereocenters. The SMILES string of the molecule is CC(=O)c1ccccc1-n1cc(C(F)F)nn1. The van der Waals surface area contributed by atoms with Crippen molar-refractivity contribution >= 4 is 5.78 Å². The first kappa shape index (κ1) is 11.4. The van der Waals surface area contributed by atoms with E-state index in [9.17, 15) is 13.6 Å². The fourth-order valence-corrected chi connectivity index (χ4v) is 1.47. The van der Waals surface area contributed by atoms with Gasteiger partial charge in [0.15, 0.2) is 5.78 Å². The Hall–Kier alpha value is -2.11. The molecule has 0 spiro atoms. The van der Waals surface area contributed by atoms with E-state index < -0.39 is 12.1 Å². The number of para-hydroxylation sites is 1. The van der Waals surface area contributed by atoms with E-state index in [4.69, 9.17) is 0 Å². The largest absolute Gasteiger partial charge is 0.294 e. The lowest BCUT2D eigenvalue weighted by molar-refractivity contribution is 0.101. The van der Waals surface area contributed by atoms with Crippen LogP contribution in [0.3, 0.4) is 0 Å². The van der Waals surface area contributed by atoms with Crippen molar-refractivity contribution < 1.29 is 13.6 Å². The minimum atomic E-state index is -2.67. The van der Waals surface area contributed by atoms with E-state index in [-0.39, 0.29) is 5.78 Å². The van der Waals surface area contributed by atoms with Gasteiger partial charge in [-0.1, -0.05) is 17.3 Å². The average Bonchev–Trinajstić information content (AvgIpc) is 2.78. The molecule has 17 heavy (non-hydrogen) atoms. The normalized spacial score (nSPS) is 10.8. The minimum Gasteiger partial charge on any atom is -0.294 e. The van der Waals surface area contributed by atoms with Crippen LogP contribution in [0.4, 0.5) is 8.78 Å². The lowest BCUT2D eigenvalue weighted by atomic mass is 10.1. The molecule has 2 aromatic rings. The van der Waals surface area contributed by atoms with Gasteiger partial charge in [0.2, 0.25) is 0 Å². The van der Waals surface area contributed by atoms with Gasteiger partial charge in [-0.2, -0.15) is 0 Å². The van der Waals surface area contributed by atoms with Crippen LogP contribution in [0.25, 0.3) is 5.69 Å². The zero-order chi connectivity index (χ0) is 12.4. The van der Waals surface area contributed by atoms with Crippen molar-refractivity contribution in [2.24, 2.45) is 0 Å². The summed E-state index contributed by atoms with van der Waals surface area (Å²) in [7, 11) is 0. The zero-order valence-electron chi connectivity index (χ0n) is 8.97. The van der Waals surface area contributed by atoms with Gasteiger partial charge in [0, 0.05) is 5.56 Å². The maximum Gasteiger partial charge on any atom is 0.283 e. The van der Waals surface area contributed by atoms with Gasteiger partial charge in [0.1, 0.15) is 5.69 Å². The predicted molar refractivity (Wildman–Crippen MR) is 56.3 cm³/mol. The molecular weight excluding hydrogens is 228 g/mol. The molecule has 0 radical (unpaired) electrons. The molecule has 0 aliphatic carbocycles. The number of alkyl halides is 2. The van der Waals surface area contributed by atoms with Gasteiger partial charge in [0.25, 0.3) is 6.43 Å². The van der Waals surface area contributed by atoms with E-state index >= 15 is 0 Å². The number of halogens is 2. The molecule has 6 heteroatoms. The van der Waals surface area contributed by atoms with Gasteiger partial charge in [-0.15, -0.1) is 5.10 Å². The summed E-state index contributed by atoms with van der Waals surface area (Å²) >= 11 is 0. The highest BCUT2D eigenvalue weighted by atomic mass is 19.3. The smallest absolute Gasteiger partial charge is 0.283 e. The van der Waals surface area contributed by atoms with Crippen LogP contribution in [0, 0.1) is 0 Å². The molecule has 1 aromatic heterocycles. The van der Waals surface area contributed by atoms with E-state index in [1.54, 1.807) is 24.3 Å². The monoisotopic (exact) mass is 237 g/mol. The second kappa shape index (κ2) is 4.40. The number of hydrogen-bond donors (Lipinski definition) is 0. The number of rotatable bonds is 3. The zero-order valence-corrected chi connectivity index (χ0v) is 8.97.